The number of aliphatic imine (C=N–C) groups is 1. The van der Waals surface area contributed by atoms with Crippen LogP contribution >= 0.6 is 0 Å². The van der Waals surface area contributed by atoms with Crippen molar-refractivity contribution in [3.63, 3.8) is 0 Å². The van der Waals surface area contributed by atoms with E-state index >= 15 is 0 Å². The second kappa shape index (κ2) is 6.54. The van der Waals surface area contributed by atoms with Crippen molar-refractivity contribution in [2.75, 3.05) is 20.1 Å². The van der Waals surface area contributed by atoms with Gasteiger partial charge in [0.05, 0.1) is 12.2 Å². The molecule has 1 aliphatic heterocycles. The van der Waals surface area contributed by atoms with Crippen LogP contribution < -0.4 is 11.1 Å². The number of rotatable bonds is 3. The molecular formula is C14H22N4O2. The third-order valence-corrected chi connectivity index (χ3v) is 3.91. The predicted octanol–water partition coefficient (Wildman–Crippen LogP) is 0.396. The fourth-order valence-corrected chi connectivity index (χ4v) is 2.64. The molecule has 2 amide bonds. The van der Waals surface area contributed by atoms with E-state index in [4.69, 9.17) is 5.73 Å². The zero-order valence-electron chi connectivity index (χ0n) is 11.9. The Hall–Kier alpha value is -1.85. The predicted molar refractivity (Wildman–Crippen MR) is 76.9 cm³/mol. The highest BCUT2D eigenvalue weighted by molar-refractivity contribution is 6.45. The highest BCUT2D eigenvalue weighted by atomic mass is 16.2. The number of nitrogens with two attached hydrogens (primary N) is 1. The Balaban J connectivity index is 2.04. The van der Waals surface area contributed by atoms with Gasteiger partial charge >= 0.3 is 0 Å². The Morgan fingerprint density at radius 2 is 2.10 bits per heavy atom. The molecule has 20 heavy (non-hydrogen) atoms. The maximum absolute atomic E-state index is 12.2. The molecule has 3 N–H and O–H groups in total. The number of hydrogen-bond donors (Lipinski definition) is 2. The van der Waals surface area contributed by atoms with Gasteiger partial charge in [-0.1, -0.05) is 19.3 Å². The molecule has 2 rings (SSSR count). The molecule has 0 bridgehead atoms. The molecule has 0 aromatic rings. The summed E-state index contributed by atoms with van der Waals surface area (Å²) in [6.07, 6.45) is 6.44. The highest BCUT2D eigenvalue weighted by Gasteiger charge is 2.27. The number of carbonyl (C=O) groups is 2. The van der Waals surface area contributed by atoms with Crippen molar-refractivity contribution >= 4 is 17.5 Å². The summed E-state index contributed by atoms with van der Waals surface area (Å²) in [6, 6.07) is 0. The molecule has 1 heterocycles. The van der Waals surface area contributed by atoms with Crippen LogP contribution in [-0.4, -0.2) is 42.6 Å². The van der Waals surface area contributed by atoms with E-state index in [-0.39, 0.29) is 23.4 Å². The summed E-state index contributed by atoms with van der Waals surface area (Å²) in [5.41, 5.74) is 6.15. The van der Waals surface area contributed by atoms with E-state index in [1.165, 1.54) is 12.6 Å². The monoisotopic (exact) mass is 278 g/mol. The molecule has 0 saturated heterocycles. The van der Waals surface area contributed by atoms with Gasteiger partial charge in [0.2, 0.25) is 5.91 Å². The molecule has 6 nitrogen and oxygen atoms in total. The molecule has 6 heteroatoms. The van der Waals surface area contributed by atoms with Crippen LogP contribution in [0.4, 0.5) is 0 Å². The van der Waals surface area contributed by atoms with Gasteiger partial charge in [-0.3, -0.25) is 14.6 Å². The largest absolute Gasteiger partial charge is 0.403 e. The van der Waals surface area contributed by atoms with Gasteiger partial charge in [0.25, 0.3) is 5.91 Å². The van der Waals surface area contributed by atoms with E-state index in [2.05, 4.69) is 10.3 Å². The highest BCUT2D eigenvalue weighted by Crippen LogP contribution is 2.24. The van der Waals surface area contributed by atoms with E-state index < -0.39 is 0 Å². The fourth-order valence-electron chi connectivity index (χ4n) is 2.64. The van der Waals surface area contributed by atoms with Crippen LogP contribution in [0, 0.1) is 5.92 Å². The van der Waals surface area contributed by atoms with Gasteiger partial charge in [0.1, 0.15) is 5.71 Å². The average Bonchev–Trinajstić information content (AvgIpc) is 2.48. The topological polar surface area (TPSA) is 87.8 Å². The van der Waals surface area contributed by atoms with E-state index in [1.807, 2.05) is 0 Å². The standard InChI is InChI=1S/C14H22N4O2/c1-18-8-7-16-12(14(18)20)11(9-15)17-13(19)10-5-3-2-4-6-10/h9-10H,2-8,15H2,1H3,(H,17,19). The number of nitrogens with zero attached hydrogens (tertiary/aromatic N) is 2. The van der Waals surface area contributed by atoms with E-state index in [9.17, 15) is 9.59 Å². The van der Waals surface area contributed by atoms with Crippen LogP contribution in [0.5, 0.6) is 0 Å². The molecule has 1 fully saturated rings. The van der Waals surface area contributed by atoms with Crippen molar-refractivity contribution in [2.45, 2.75) is 32.1 Å². The summed E-state index contributed by atoms with van der Waals surface area (Å²) in [5, 5.41) is 2.78. The minimum absolute atomic E-state index is 0.0238. The summed E-state index contributed by atoms with van der Waals surface area (Å²) < 4.78 is 0. The molecule has 0 spiro atoms. The van der Waals surface area contributed by atoms with Crippen LogP contribution in [0.2, 0.25) is 0 Å². The van der Waals surface area contributed by atoms with Crippen LogP contribution in [0.15, 0.2) is 16.9 Å². The van der Waals surface area contributed by atoms with Gasteiger partial charge in [-0.2, -0.15) is 0 Å². The van der Waals surface area contributed by atoms with Gasteiger partial charge in [0, 0.05) is 25.7 Å². The third kappa shape index (κ3) is 3.18. The smallest absolute Gasteiger partial charge is 0.274 e. The number of hydrogen-bond acceptors (Lipinski definition) is 4. The summed E-state index contributed by atoms with van der Waals surface area (Å²) in [4.78, 5) is 30.0. The minimum atomic E-state index is -0.197. The Morgan fingerprint density at radius 3 is 2.75 bits per heavy atom. The first kappa shape index (κ1) is 14.6. The molecular weight excluding hydrogens is 256 g/mol. The maximum atomic E-state index is 12.2. The third-order valence-electron chi connectivity index (χ3n) is 3.91. The Kier molecular flexibility index (Phi) is 4.76. The number of carbonyl (C=O) groups excluding carboxylic acids is 2. The normalized spacial score (nSPS) is 21.6. The second-order valence-corrected chi connectivity index (χ2v) is 5.36. The number of nitrogens with one attached hydrogen (secondary N) is 1. The molecule has 110 valence electrons. The molecule has 1 saturated carbocycles. The summed E-state index contributed by atoms with van der Waals surface area (Å²) in [6.45, 7) is 1.13. The molecule has 0 aromatic heterocycles. The van der Waals surface area contributed by atoms with Gasteiger partial charge in [-0.25, -0.2) is 0 Å². The van der Waals surface area contributed by atoms with E-state index in [0.29, 0.717) is 18.8 Å². The quantitative estimate of drug-likeness (QED) is 0.783. The summed E-state index contributed by atoms with van der Waals surface area (Å²) >= 11 is 0. The van der Waals surface area contributed by atoms with Crippen LogP contribution in [0.3, 0.4) is 0 Å². The fraction of sp³-hybridized carbons (Fsp3) is 0.643. The molecule has 0 atom stereocenters. The minimum Gasteiger partial charge on any atom is -0.403 e. The van der Waals surface area contributed by atoms with Crippen molar-refractivity contribution in [3.8, 4) is 0 Å². The van der Waals surface area contributed by atoms with Gasteiger partial charge in [-0.15, -0.1) is 0 Å². The molecule has 0 radical (unpaired) electrons. The lowest BCUT2D eigenvalue weighted by Gasteiger charge is -2.25. The van der Waals surface area contributed by atoms with E-state index in [1.54, 1.807) is 11.9 Å². The van der Waals surface area contributed by atoms with Crippen molar-refractivity contribution in [3.05, 3.63) is 11.9 Å². The zero-order chi connectivity index (χ0) is 14.5. The Labute approximate surface area is 119 Å². The molecule has 0 unspecified atom stereocenters. The Morgan fingerprint density at radius 1 is 1.40 bits per heavy atom. The van der Waals surface area contributed by atoms with Crippen molar-refractivity contribution in [1.29, 1.82) is 0 Å². The first-order valence-corrected chi connectivity index (χ1v) is 7.16. The Bertz CT molecular complexity index is 450. The number of amides is 2. The van der Waals surface area contributed by atoms with Crippen LogP contribution in [0.1, 0.15) is 32.1 Å². The van der Waals surface area contributed by atoms with Crippen LogP contribution in [0.25, 0.3) is 0 Å². The second-order valence-electron chi connectivity index (χ2n) is 5.36. The summed E-state index contributed by atoms with van der Waals surface area (Å²) in [5.74, 6) is -0.224. The van der Waals surface area contributed by atoms with Crippen LogP contribution in [-0.2, 0) is 9.59 Å². The zero-order valence-corrected chi connectivity index (χ0v) is 11.9. The SMILES string of the molecule is CN1CCN=C(C(=CN)NC(=O)C2CCCCC2)C1=O. The lowest BCUT2D eigenvalue weighted by atomic mass is 9.88. The van der Waals surface area contributed by atoms with Gasteiger partial charge < -0.3 is 16.0 Å². The van der Waals surface area contributed by atoms with Crippen molar-refractivity contribution in [2.24, 2.45) is 16.6 Å². The molecule has 1 aliphatic carbocycles. The van der Waals surface area contributed by atoms with Gasteiger partial charge in [-0.05, 0) is 12.8 Å². The van der Waals surface area contributed by atoms with Gasteiger partial charge in [0.15, 0.2) is 0 Å². The maximum Gasteiger partial charge on any atom is 0.274 e. The molecule has 2 aliphatic rings. The van der Waals surface area contributed by atoms with E-state index in [0.717, 1.165) is 25.7 Å². The van der Waals surface area contributed by atoms with Crippen molar-refractivity contribution in [1.82, 2.24) is 10.2 Å². The number of likely N-dealkylation sites (N-methyl/N-ethyl adjacent to an activating group) is 1. The lowest BCUT2D eigenvalue weighted by molar-refractivity contribution is -0.125. The first-order chi connectivity index (χ1) is 9.63. The summed E-state index contributed by atoms with van der Waals surface area (Å²) in [7, 11) is 1.72. The average molecular weight is 278 g/mol. The lowest BCUT2D eigenvalue weighted by Crippen LogP contribution is -2.44. The first-order valence-electron chi connectivity index (χ1n) is 7.16. The molecule has 0 aromatic carbocycles. The van der Waals surface area contributed by atoms with Crippen molar-refractivity contribution < 1.29 is 9.59 Å².